The van der Waals surface area contributed by atoms with Gasteiger partial charge in [0.25, 0.3) is 0 Å². The molecule has 0 radical (unpaired) electrons. The molecule has 0 aliphatic heterocycles. The maximum absolute atomic E-state index is 4.40. The van der Waals surface area contributed by atoms with Crippen LogP contribution in [0.5, 0.6) is 0 Å². The molecule has 0 amide bonds. The standard InChI is InChI=1S/C9H11NS/c1-4-8(2)5-6-9(3)10-7-11/h5-6H,2-4H2,1H3. The Morgan fingerprint density at radius 3 is 2.64 bits per heavy atom. The van der Waals surface area contributed by atoms with E-state index < -0.39 is 0 Å². The Morgan fingerprint density at radius 1 is 1.55 bits per heavy atom. The fourth-order valence-corrected chi connectivity index (χ4v) is 0.545. The molecular weight excluding hydrogens is 154 g/mol. The molecular formula is C9H11NS. The first-order valence-electron chi connectivity index (χ1n) is 3.33. The molecule has 11 heavy (non-hydrogen) atoms. The van der Waals surface area contributed by atoms with Crippen LogP contribution in [0.1, 0.15) is 13.3 Å². The molecule has 2 heteroatoms. The second-order valence-corrected chi connectivity index (χ2v) is 2.22. The zero-order chi connectivity index (χ0) is 8.69. The van der Waals surface area contributed by atoms with Gasteiger partial charge >= 0.3 is 0 Å². The molecule has 0 saturated carbocycles. The fraction of sp³-hybridized carbons (Fsp3) is 0.222. The van der Waals surface area contributed by atoms with Crippen molar-refractivity contribution in [2.75, 3.05) is 0 Å². The maximum Gasteiger partial charge on any atom is 0.0667 e. The predicted octanol–water partition coefficient (Wildman–Crippen LogP) is 3.13. The van der Waals surface area contributed by atoms with Crippen LogP contribution < -0.4 is 0 Å². The monoisotopic (exact) mass is 165 g/mol. The number of aliphatic imine (C=N–C) groups is 1. The Hall–Kier alpha value is -0.980. The molecule has 58 valence electrons. The summed E-state index contributed by atoms with van der Waals surface area (Å²) in [6.45, 7) is 9.46. The van der Waals surface area contributed by atoms with Gasteiger partial charge in [-0.3, -0.25) is 0 Å². The quantitative estimate of drug-likeness (QED) is 0.354. The van der Waals surface area contributed by atoms with Gasteiger partial charge in [0.15, 0.2) is 0 Å². The number of hydrogen-bond acceptors (Lipinski definition) is 2. The van der Waals surface area contributed by atoms with Crippen molar-refractivity contribution in [1.82, 2.24) is 0 Å². The molecule has 0 spiro atoms. The second-order valence-electron chi connectivity index (χ2n) is 2.04. The van der Waals surface area contributed by atoms with Gasteiger partial charge in [0, 0.05) is 0 Å². The molecule has 0 atom stereocenters. The van der Waals surface area contributed by atoms with Gasteiger partial charge in [-0.1, -0.05) is 31.7 Å². The zero-order valence-corrected chi connectivity index (χ0v) is 7.45. The molecule has 0 aromatic carbocycles. The van der Waals surface area contributed by atoms with E-state index in [1.165, 1.54) is 0 Å². The van der Waals surface area contributed by atoms with Gasteiger partial charge in [0.1, 0.15) is 0 Å². The maximum atomic E-state index is 4.40. The lowest BCUT2D eigenvalue weighted by Gasteiger charge is -1.90. The summed E-state index contributed by atoms with van der Waals surface area (Å²) in [6.07, 6.45) is 4.58. The van der Waals surface area contributed by atoms with E-state index in [2.05, 4.69) is 35.5 Å². The highest BCUT2D eigenvalue weighted by atomic mass is 32.1. The molecule has 0 saturated heterocycles. The average Bonchev–Trinajstić information content (AvgIpc) is 2.01. The molecule has 0 N–H and O–H groups in total. The van der Waals surface area contributed by atoms with Crippen LogP contribution in [0.3, 0.4) is 0 Å². The lowest BCUT2D eigenvalue weighted by Crippen LogP contribution is -1.70. The molecule has 0 rings (SSSR count). The van der Waals surface area contributed by atoms with E-state index in [1.807, 2.05) is 13.0 Å². The number of nitrogens with zero attached hydrogens (tertiary/aromatic N) is 1. The highest BCUT2D eigenvalue weighted by Gasteiger charge is 1.82. The number of isothiocyanates is 1. The van der Waals surface area contributed by atoms with Gasteiger partial charge in [-0.15, -0.1) is 0 Å². The number of allylic oxidation sites excluding steroid dienone is 3. The summed E-state index contributed by atoms with van der Waals surface area (Å²) in [5.74, 6) is 0. The van der Waals surface area contributed by atoms with E-state index in [1.54, 1.807) is 6.08 Å². The summed E-state index contributed by atoms with van der Waals surface area (Å²) in [5.41, 5.74) is 1.65. The van der Waals surface area contributed by atoms with Crippen molar-refractivity contribution in [3.8, 4) is 0 Å². The van der Waals surface area contributed by atoms with E-state index >= 15 is 0 Å². The third-order valence-electron chi connectivity index (χ3n) is 1.15. The predicted molar refractivity (Wildman–Crippen MR) is 52.7 cm³/mol. The molecule has 0 fully saturated rings. The molecule has 0 aliphatic rings. The SMILES string of the molecule is C=C(C=CC(=C)N=C=S)CC. The highest BCUT2D eigenvalue weighted by molar-refractivity contribution is 7.78. The van der Waals surface area contributed by atoms with Crippen LogP contribution in [0.15, 0.2) is 41.6 Å². The summed E-state index contributed by atoms with van der Waals surface area (Å²) in [6, 6.07) is 0. The minimum atomic E-state index is 0.606. The number of rotatable bonds is 4. The minimum Gasteiger partial charge on any atom is -0.195 e. The topological polar surface area (TPSA) is 12.4 Å². The second kappa shape index (κ2) is 5.78. The Balaban J connectivity index is 4.03. The molecule has 1 nitrogen and oxygen atoms in total. The van der Waals surface area contributed by atoms with Gasteiger partial charge in [0.05, 0.1) is 10.9 Å². The van der Waals surface area contributed by atoms with E-state index in [4.69, 9.17) is 0 Å². The van der Waals surface area contributed by atoms with Crippen molar-refractivity contribution in [3.05, 3.63) is 36.6 Å². The van der Waals surface area contributed by atoms with Crippen molar-refractivity contribution in [2.24, 2.45) is 4.99 Å². The van der Waals surface area contributed by atoms with Crippen molar-refractivity contribution in [1.29, 1.82) is 0 Å². The summed E-state index contributed by atoms with van der Waals surface area (Å²) in [4.78, 5) is 3.67. The van der Waals surface area contributed by atoms with E-state index in [9.17, 15) is 0 Å². The van der Waals surface area contributed by atoms with E-state index in [0.717, 1.165) is 12.0 Å². The number of thiocarbonyl (C=S) groups is 1. The normalized spacial score (nSPS) is 9.18. The van der Waals surface area contributed by atoms with Gasteiger partial charge in [-0.05, 0) is 24.7 Å². The first kappa shape index (κ1) is 10.0. The van der Waals surface area contributed by atoms with Crippen molar-refractivity contribution < 1.29 is 0 Å². The van der Waals surface area contributed by atoms with Crippen molar-refractivity contribution in [2.45, 2.75) is 13.3 Å². The average molecular weight is 165 g/mol. The van der Waals surface area contributed by atoms with Crippen LogP contribution in [0.25, 0.3) is 0 Å². The largest absolute Gasteiger partial charge is 0.195 e. The Labute approximate surface area is 72.8 Å². The molecule has 0 aromatic heterocycles. The summed E-state index contributed by atoms with van der Waals surface area (Å²) in [5, 5.41) is 2.24. The Morgan fingerprint density at radius 2 is 2.18 bits per heavy atom. The molecule has 0 unspecified atom stereocenters. The zero-order valence-electron chi connectivity index (χ0n) is 6.63. The van der Waals surface area contributed by atoms with Crippen LogP contribution >= 0.6 is 12.2 Å². The minimum absolute atomic E-state index is 0.606. The van der Waals surface area contributed by atoms with Gasteiger partial charge in [0.2, 0.25) is 0 Å². The van der Waals surface area contributed by atoms with Gasteiger partial charge < -0.3 is 0 Å². The van der Waals surface area contributed by atoms with E-state index in [-0.39, 0.29) is 0 Å². The van der Waals surface area contributed by atoms with Crippen LogP contribution in [0, 0.1) is 0 Å². The van der Waals surface area contributed by atoms with Crippen molar-refractivity contribution >= 4 is 17.4 Å². The Bertz CT molecular complexity index is 232. The highest BCUT2D eigenvalue weighted by Crippen LogP contribution is 2.01. The van der Waals surface area contributed by atoms with Crippen LogP contribution in [0.4, 0.5) is 0 Å². The van der Waals surface area contributed by atoms with Crippen LogP contribution in [-0.2, 0) is 0 Å². The Kier molecular flexibility index (Phi) is 5.26. The van der Waals surface area contributed by atoms with Crippen molar-refractivity contribution in [3.63, 3.8) is 0 Å². The third kappa shape index (κ3) is 5.46. The fourth-order valence-electron chi connectivity index (χ4n) is 0.428. The summed E-state index contributed by atoms with van der Waals surface area (Å²) >= 11 is 4.40. The molecule has 0 aromatic rings. The van der Waals surface area contributed by atoms with Gasteiger partial charge in [-0.2, -0.15) is 4.99 Å². The lowest BCUT2D eigenvalue weighted by atomic mass is 10.2. The first-order valence-corrected chi connectivity index (χ1v) is 3.74. The van der Waals surface area contributed by atoms with E-state index in [0.29, 0.717) is 5.70 Å². The van der Waals surface area contributed by atoms with Crippen LogP contribution in [0.2, 0.25) is 0 Å². The summed E-state index contributed by atoms with van der Waals surface area (Å²) < 4.78 is 0. The van der Waals surface area contributed by atoms with Gasteiger partial charge in [-0.25, -0.2) is 0 Å². The smallest absolute Gasteiger partial charge is 0.0667 e. The molecule has 0 bridgehead atoms. The third-order valence-corrected chi connectivity index (χ3v) is 1.25. The molecule has 0 heterocycles. The summed E-state index contributed by atoms with van der Waals surface area (Å²) in [7, 11) is 0. The molecule has 0 aliphatic carbocycles. The van der Waals surface area contributed by atoms with Crippen LogP contribution in [-0.4, -0.2) is 5.16 Å². The number of hydrogen-bond donors (Lipinski definition) is 0. The lowest BCUT2D eigenvalue weighted by molar-refractivity contribution is 1.16. The first-order chi connectivity index (χ1) is 5.20.